The van der Waals surface area contributed by atoms with Crippen LogP contribution >= 0.6 is 12.4 Å². The highest BCUT2D eigenvalue weighted by Crippen LogP contribution is 2.34. The van der Waals surface area contributed by atoms with E-state index in [2.05, 4.69) is 4.74 Å². The lowest BCUT2D eigenvalue weighted by atomic mass is 9.90. The second-order valence-electron chi connectivity index (χ2n) is 5.70. The van der Waals surface area contributed by atoms with Gasteiger partial charge in [0.2, 0.25) is 0 Å². The molecule has 2 rings (SSSR count). The fourth-order valence-corrected chi connectivity index (χ4v) is 2.85. The molecule has 0 saturated carbocycles. The highest BCUT2D eigenvalue weighted by atomic mass is 35.5. The van der Waals surface area contributed by atoms with E-state index < -0.39 is 6.61 Å². The van der Waals surface area contributed by atoms with Crippen molar-refractivity contribution in [2.75, 3.05) is 20.2 Å². The molecule has 1 fully saturated rings. The van der Waals surface area contributed by atoms with Crippen molar-refractivity contribution < 1.29 is 23.0 Å². The van der Waals surface area contributed by atoms with Crippen LogP contribution in [-0.4, -0.2) is 43.7 Å². The Morgan fingerprint density at radius 1 is 1.33 bits per heavy atom. The summed E-state index contributed by atoms with van der Waals surface area (Å²) in [4.78, 5) is 14.3. The number of carbonyl (C=O) groups is 1. The van der Waals surface area contributed by atoms with Crippen LogP contribution in [0.3, 0.4) is 0 Å². The summed E-state index contributed by atoms with van der Waals surface area (Å²) in [5, 5.41) is 0. The third-order valence-electron chi connectivity index (χ3n) is 4.21. The lowest BCUT2D eigenvalue weighted by molar-refractivity contribution is -0.0516. The average molecular weight is 365 g/mol. The maximum Gasteiger partial charge on any atom is 0.387 e. The van der Waals surface area contributed by atoms with E-state index in [9.17, 15) is 13.6 Å². The van der Waals surface area contributed by atoms with Crippen LogP contribution in [0.25, 0.3) is 0 Å². The summed E-state index contributed by atoms with van der Waals surface area (Å²) < 4.78 is 34.8. The topological polar surface area (TPSA) is 64.8 Å². The molecule has 1 aliphatic heterocycles. The molecule has 1 saturated heterocycles. The Labute approximate surface area is 146 Å². The van der Waals surface area contributed by atoms with Gasteiger partial charge in [-0.15, -0.1) is 12.4 Å². The van der Waals surface area contributed by atoms with Crippen LogP contribution in [-0.2, 0) is 0 Å². The van der Waals surface area contributed by atoms with E-state index in [1.807, 2.05) is 6.92 Å². The van der Waals surface area contributed by atoms with Crippen LogP contribution in [0.4, 0.5) is 8.78 Å². The summed E-state index contributed by atoms with van der Waals surface area (Å²) in [5.41, 5.74) is 5.98. The molecule has 1 aromatic carbocycles. The fraction of sp³-hybridized carbons (Fsp3) is 0.562. The van der Waals surface area contributed by atoms with Crippen LogP contribution in [0.5, 0.6) is 11.5 Å². The summed E-state index contributed by atoms with van der Waals surface area (Å²) in [5.74, 6) is -0.0604. The minimum atomic E-state index is -3.03. The summed E-state index contributed by atoms with van der Waals surface area (Å²) in [7, 11) is 1.34. The van der Waals surface area contributed by atoms with Gasteiger partial charge in [0, 0.05) is 19.1 Å². The molecular weight excluding hydrogens is 342 g/mol. The molecule has 1 aromatic rings. The second kappa shape index (κ2) is 9.03. The molecular formula is C16H23ClF2N2O3. The van der Waals surface area contributed by atoms with Gasteiger partial charge in [-0.2, -0.15) is 8.78 Å². The van der Waals surface area contributed by atoms with Crippen molar-refractivity contribution in [1.29, 1.82) is 0 Å². The normalized spacial score (nSPS) is 16.5. The molecule has 136 valence electrons. The van der Waals surface area contributed by atoms with Crippen molar-refractivity contribution >= 4 is 18.3 Å². The molecule has 24 heavy (non-hydrogen) atoms. The number of piperidine rings is 1. The monoisotopic (exact) mass is 364 g/mol. The molecule has 1 unspecified atom stereocenters. The number of para-hydroxylation sites is 1. The van der Waals surface area contributed by atoms with Crippen LogP contribution < -0.4 is 15.2 Å². The number of carbonyl (C=O) groups excluding carboxylic acids is 1. The molecule has 0 spiro atoms. The Bertz CT molecular complexity index is 550. The van der Waals surface area contributed by atoms with E-state index in [0.29, 0.717) is 19.0 Å². The number of likely N-dealkylation sites (tertiary alicyclic amines) is 1. The van der Waals surface area contributed by atoms with Gasteiger partial charge < -0.3 is 20.1 Å². The lowest BCUT2D eigenvalue weighted by Gasteiger charge is -2.34. The highest BCUT2D eigenvalue weighted by molar-refractivity contribution is 5.97. The molecule has 0 bridgehead atoms. The van der Waals surface area contributed by atoms with Gasteiger partial charge in [0.25, 0.3) is 5.91 Å². The van der Waals surface area contributed by atoms with Gasteiger partial charge in [-0.25, -0.2) is 0 Å². The zero-order valence-corrected chi connectivity index (χ0v) is 14.5. The third kappa shape index (κ3) is 4.70. The van der Waals surface area contributed by atoms with Crippen LogP contribution in [0.15, 0.2) is 18.2 Å². The van der Waals surface area contributed by atoms with Crippen LogP contribution in [0.2, 0.25) is 0 Å². The van der Waals surface area contributed by atoms with E-state index >= 15 is 0 Å². The van der Waals surface area contributed by atoms with E-state index in [-0.39, 0.29) is 41.4 Å². The first-order chi connectivity index (χ1) is 10.9. The standard InChI is InChI=1S/C16H22F2N2O3.ClH/c1-10(19)11-6-8-20(9-7-11)15(21)12-4-3-5-13(22-2)14(12)23-16(17)18;/h3-5,10-11,16H,6-9,19H2,1-2H3;1H. The number of amides is 1. The first-order valence-electron chi connectivity index (χ1n) is 7.60. The van der Waals surface area contributed by atoms with E-state index in [4.69, 9.17) is 10.5 Å². The number of rotatable bonds is 5. The number of halogens is 3. The number of hydrogen-bond acceptors (Lipinski definition) is 4. The Balaban J connectivity index is 0.00000288. The molecule has 0 radical (unpaired) electrons. The minimum Gasteiger partial charge on any atom is -0.493 e. The molecule has 1 amide bonds. The first-order valence-corrected chi connectivity index (χ1v) is 7.60. The highest BCUT2D eigenvalue weighted by Gasteiger charge is 2.28. The maximum absolute atomic E-state index is 12.7. The van der Waals surface area contributed by atoms with E-state index in [0.717, 1.165) is 12.8 Å². The molecule has 0 aromatic heterocycles. The summed E-state index contributed by atoms with van der Waals surface area (Å²) in [6.45, 7) is 0.0348. The SMILES string of the molecule is COc1cccc(C(=O)N2CCC(C(C)N)CC2)c1OC(F)F.Cl. The number of alkyl halides is 2. The van der Waals surface area contributed by atoms with E-state index in [1.54, 1.807) is 11.0 Å². The molecule has 1 aliphatic rings. The van der Waals surface area contributed by atoms with Crippen LogP contribution in [0.1, 0.15) is 30.1 Å². The van der Waals surface area contributed by atoms with Gasteiger partial charge in [-0.3, -0.25) is 4.79 Å². The molecule has 8 heteroatoms. The summed E-state index contributed by atoms with van der Waals surface area (Å²) in [6, 6.07) is 4.62. The number of benzene rings is 1. The van der Waals surface area contributed by atoms with Gasteiger partial charge in [0.05, 0.1) is 12.7 Å². The zero-order chi connectivity index (χ0) is 17.0. The van der Waals surface area contributed by atoms with E-state index in [1.165, 1.54) is 19.2 Å². The fourth-order valence-electron chi connectivity index (χ4n) is 2.85. The molecule has 1 heterocycles. The number of hydrogen-bond donors (Lipinski definition) is 1. The first kappa shape index (κ1) is 20.4. The third-order valence-corrected chi connectivity index (χ3v) is 4.21. The average Bonchev–Trinajstić information content (AvgIpc) is 2.54. The Hall–Kier alpha value is -1.60. The van der Waals surface area contributed by atoms with Gasteiger partial charge >= 0.3 is 6.61 Å². The van der Waals surface area contributed by atoms with Crippen LogP contribution in [0, 0.1) is 5.92 Å². The van der Waals surface area contributed by atoms with Crippen molar-refractivity contribution in [3.8, 4) is 11.5 Å². The Morgan fingerprint density at radius 2 is 1.96 bits per heavy atom. The Morgan fingerprint density at radius 3 is 2.46 bits per heavy atom. The van der Waals surface area contributed by atoms with Crippen molar-refractivity contribution in [2.45, 2.75) is 32.4 Å². The van der Waals surface area contributed by atoms with Crippen molar-refractivity contribution in [2.24, 2.45) is 11.7 Å². The number of ether oxygens (including phenoxy) is 2. The zero-order valence-electron chi connectivity index (χ0n) is 13.7. The van der Waals surface area contributed by atoms with Gasteiger partial charge in [-0.05, 0) is 37.8 Å². The lowest BCUT2D eigenvalue weighted by Crippen LogP contribution is -2.42. The predicted molar refractivity (Wildman–Crippen MR) is 89.2 cm³/mol. The molecule has 2 N–H and O–H groups in total. The summed E-state index contributed by atoms with van der Waals surface area (Å²) in [6.07, 6.45) is 1.61. The molecule has 5 nitrogen and oxygen atoms in total. The quantitative estimate of drug-likeness (QED) is 0.872. The number of methoxy groups -OCH3 is 1. The minimum absolute atomic E-state index is 0. The van der Waals surface area contributed by atoms with Crippen molar-refractivity contribution in [3.63, 3.8) is 0 Å². The van der Waals surface area contributed by atoms with Crippen molar-refractivity contribution in [3.05, 3.63) is 23.8 Å². The number of nitrogens with two attached hydrogens (primary N) is 1. The Kier molecular flexibility index (Phi) is 7.69. The molecule has 1 atom stereocenters. The van der Waals surface area contributed by atoms with Gasteiger partial charge in [0.15, 0.2) is 11.5 Å². The largest absolute Gasteiger partial charge is 0.493 e. The predicted octanol–water partition coefficient (Wildman–Crippen LogP) is 2.92. The number of nitrogens with zero attached hydrogens (tertiary/aromatic N) is 1. The summed E-state index contributed by atoms with van der Waals surface area (Å²) >= 11 is 0. The van der Waals surface area contributed by atoms with Crippen molar-refractivity contribution in [1.82, 2.24) is 4.90 Å². The smallest absolute Gasteiger partial charge is 0.387 e. The van der Waals surface area contributed by atoms with Gasteiger partial charge in [0.1, 0.15) is 0 Å². The van der Waals surface area contributed by atoms with Gasteiger partial charge in [-0.1, -0.05) is 6.07 Å². The maximum atomic E-state index is 12.7. The second-order valence-corrected chi connectivity index (χ2v) is 5.70. The molecule has 0 aliphatic carbocycles.